The van der Waals surface area contributed by atoms with Crippen molar-refractivity contribution in [2.75, 3.05) is 11.1 Å². The van der Waals surface area contributed by atoms with E-state index in [4.69, 9.17) is 0 Å². The van der Waals surface area contributed by atoms with Crippen molar-refractivity contribution in [1.82, 2.24) is 0 Å². The Morgan fingerprint density at radius 3 is 2.61 bits per heavy atom. The van der Waals surface area contributed by atoms with E-state index >= 15 is 0 Å². The van der Waals surface area contributed by atoms with Gasteiger partial charge in [-0.25, -0.2) is 0 Å². The predicted octanol–water partition coefficient (Wildman–Crippen LogP) is 3.53. The third kappa shape index (κ3) is 1.88. The van der Waals surface area contributed by atoms with Gasteiger partial charge in [0.1, 0.15) is 0 Å². The molecule has 2 aliphatic rings. The number of thioether (sulfide) groups is 1. The molecule has 0 unspecified atom stereocenters. The van der Waals surface area contributed by atoms with Gasteiger partial charge in [-0.3, -0.25) is 4.79 Å². The highest BCUT2D eigenvalue weighted by Crippen LogP contribution is 2.53. The fourth-order valence-corrected chi connectivity index (χ4v) is 3.32. The van der Waals surface area contributed by atoms with Gasteiger partial charge in [0, 0.05) is 10.6 Å². The molecule has 1 aliphatic carbocycles. The van der Waals surface area contributed by atoms with Crippen LogP contribution in [0, 0.1) is 5.41 Å². The molecule has 6 heteroatoms. The van der Waals surface area contributed by atoms with Crippen LogP contribution in [0.3, 0.4) is 0 Å². The molecular weight excluding hydrogens is 263 g/mol. The molecule has 3 rings (SSSR count). The summed E-state index contributed by atoms with van der Waals surface area (Å²) < 4.78 is 37.8. The van der Waals surface area contributed by atoms with Gasteiger partial charge in [0.15, 0.2) is 0 Å². The van der Waals surface area contributed by atoms with Gasteiger partial charge in [0.05, 0.1) is 16.7 Å². The number of anilines is 1. The summed E-state index contributed by atoms with van der Waals surface area (Å²) in [6.45, 7) is 0. The van der Waals surface area contributed by atoms with Crippen LogP contribution in [0.5, 0.6) is 0 Å². The van der Waals surface area contributed by atoms with Gasteiger partial charge >= 0.3 is 6.18 Å². The number of alkyl halides is 3. The minimum atomic E-state index is -4.34. The second-order valence-corrected chi connectivity index (χ2v) is 5.75. The van der Waals surface area contributed by atoms with Gasteiger partial charge in [-0.05, 0) is 31.0 Å². The Morgan fingerprint density at radius 2 is 2.00 bits per heavy atom. The second kappa shape index (κ2) is 3.66. The first-order valence-corrected chi connectivity index (χ1v) is 6.55. The molecule has 0 radical (unpaired) electrons. The molecule has 1 amide bonds. The maximum atomic E-state index is 12.6. The van der Waals surface area contributed by atoms with Crippen LogP contribution >= 0.6 is 11.8 Å². The van der Waals surface area contributed by atoms with Crippen LogP contribution in [-0.2, 0) is 11.0 Å². The van der Waals surface area contributed by atoms with Crippen molar-refractivity contribution in [3.05, 3.63) is 23.8 Å². The van der Waals surface area contributed by atoms with Crippen LogP contribution in [0.15, 0.2) is 23.1 Å². The zero-order valence-electron chi connectivity index (χ0n) is 9.30. The molecule has 1 N–H and O–H groups in total. The lowest BCUT2D eigenvalue weighted by atomic mass is 10.1. The van der Waals surface area contributed by atoms with Gasteiger partial charge in [-0.2, -0.15) is 13.2 Å². The first-order chi connectivity index (χ1) is 8.41. The van der Waals surface area contributed by atoms with Gasteiger partial charge < -0.3 is 5.32 Å². The summed E-state index contributed by atoms with van der Waals surface area (Å²) in [5.74, 6) is 0.501. The molecule has 96 valence electrons. The first kappa shape index (κ1) is 11.9. The lowest BCUT2D eigenvalue weighted by Gasteiger charge is -2.11. The number of nitrogens with one attached hydrogen (secondary N) is 1. The molecule has 1 aliphatic heterocycles. The van der Waals surface area contributed by atoms with Crippen molar-refractivity contribution >= 4 is 23.4 Å². The average molecular weight is 273 g/mol. The quantitative estimate of drug-likeness (QED) is 0.783. The number of hydrogen-bond donors (Lipinski definition) is 1. The summed E-state index contributed by atoms with van der Waals surface area (Å²) in [6.07, 6.45) is -2.69. The number of halogens is 3. The lowest BCUT2D eigenvalue weighted by molar-refractivity contribution is -0.137. The lowest BCUT2D eigenvalue weighted by Crippen LogP contribution is -2.24. The molecule has 0 bridgehead atoms. The van der Waals surface area contributed by atoms with Crippen molar-refractivity contribution in [2.45, 2.75) is 23.9 Å². The van der Waals surface area contributed by atoms with E-state index in [0.29, 0.717) is 16.3 Å². The molecule has 0 saturated heterocycles. The molecule has 1 aromatic carbocycles. The van der Waals surface area contributed by atoms with E-state index < -0.39 is 11.7 Å². The van der Waals surface area contributed by atoms with Crippen molar-refractivity contribution in [3.8, 4) is 0 Å². The second-order valence-electron chi connectivity index (χ2n) is 4.73. The summed E-state index contributed by atoms with van der Waals surface area (Å²) in [4.78, 5) is 12.4. The summed E-state index contributed by atoms with van der Waals surface area (Å²) in [5.41, 5.74) is -0.529. The van der Waals surface area contributed by atoms with Crippen LogP contribution < -0.4 is 5.32 Å². The standard InChI is InChI=1S/C12H10F3NOS/c13-12(14,15)7-1-2-8-9(5-7)18-6-11(3-4-11)10(17)16-8/h1-2,5H,3-4,6H2,(H,16,17). The van der Waals surface area contributed by atoms with E-state index in [1.54, 1.807) is 0 Å². The zero-order chi connectivity index (χ0) is 13.0. The third-order valence-electron chi connectivity index (χ3n) is 3.40. The first-order valence-electron chi connectivity index (χ1n) is 5.56. The van der Waals surface area contributed by atoms with E-state index in [1.807, 2.05) is 0 Å². The SMILES string of the molecule is O=C1Nc2ccc(C(F)(F)F)cc2SCC12CC2. The molecule has 0 atom stereocenters. The molecule has 1 saturated carbocycles. The van der Waals surface area contributed by atoms with Crippen LogP contribution in [0.2, 0.25) is 0 Å². The van der Waals surface area contributed by atoms with Gasteiger partial charge in [0.2, 0.25) is 5.91 Å². The van der Waals surface area contributed by atoms with E-state index in [2.05, 4.69) is 5.32 Å². The molecule has 1 aromatic rings. The maximum Gasteiger partial charge on any atom is 0.416 e. The number of rotatable bonds is 0. The largest absolute Gasteiger partial charge is 0.416 e. The maximum absolute atomic E-state index is 12.6. The normalized spacial score (nSPS) is 21.2. The Morgan fingerprint density at radius 1 is 1.28 bits per heavy atom. The van der Waals surface area contributed by atoms with Gasteiger partial charge in [-0.15, -0.1) is 11.8 Å². The van der Waals surface area contributed by atoms with E-state index in [-0.39, 0.29) is 11.3 Å². The molecular formula is C12H10F3NOS. The number of fused-ring (bicyclic) bond motifs is 1. The topological polar surface area (TPSA) is 29.1 Å². The number of amides is 1. The average Bonchev–Trinajstić information content (AvgIpc) is 3.08. The Bertz CT molecular complexity index is 523. The number of carbonyl (C=O) groups excluding carboxylic acids is 1. The minimum absolute atomic E-state index is 0.0616. The Kier molecular flexibility index (Phi) is 2.42. The monoisotopic (exact) mass is 273 g/mol. The molecule has 0 aromatic heterocycles. The van der Waals surface area contributed by atoms with Crippen molar-refractivity contribution in [1.29, 1.82) is 0 Å². The summed E-state index contributed by atoms with van der Waals surface area (Å²) in [5, 5.41) is 2.73. The number of benzene rings is 1. The summed E-state index contributed by atoms with van der Waals surface area (Å²) >= 11 is 1.33. The number of hydrogen-bond acceptors (Lipinski definition) is 2. The molecule has 1 heterocycles. The van der Waals surface area contributed by atoms with Gasteiger partial charge in [-0.1, -0.05) is 0 Å². The number of carbonyl (C=O) groups is 1. The highest BCUT2D eigenvalue weighted by atomic mass is 32.2. The molecule has 18 heavy (non-hydrogen) atoms. The van der Waals surface area contributed by atoms with Crippen LogP contribution in [0.1, 0.15) is 18.4 Å². The molecule has 1 fully saturated rings. The Balaban J connectivity index is 1.97. The van der Waals surface area contributed by atoms with Crippen molar-refractivity contribution in [2.24, 2.45) is 5.41 Å². The van der Waals surface area contributed by atoms with E-state index in [0.717, 1.165) is 25.0 Å². The smallest absolute Gasteiger partial charge is 0.325 e. The fraction of sp³-hybridized carbons (Fsp3) is 0.417. The Hall–Kier alpha value is -1.17. The van der Waals surface area contributed by atoms with E-state index in [9.17, 15) is 18.0 Å². The van der Waals surface area contributed by atoms with Crippen LogP contribution in [0.25, 0.3) is 0 Å². The molecule has 1 spiro atoms. The van der Waals surface area contributed by atoms with Crippen LogP contribution in [0.4, 0.5) is 18.9 Å². The highest BCUT2D eigenvalue weighted by Gasteiger charge is 2.51. The van der Waals surface area contributed by atoms with Crippen molar-refractivity contribution < 1.29 is 18.0 Å². The predicted molar refractivity (Wildman–Crippen MR) is 62.5 cm³/mol. The fourth-order valence-electron chi connectivity index (χ4n) is 1.98. The van der Waals surface area contributed by atoms with Gasteiger partial charge in [0.25, 0.3) is 0 Å². The van der Waals surface area contributed by atoms with Crippen molar-refractivity contribution in [3.63, 3.8) is 0 Å². The summed E-state index contributed by atoms with van der Waals surface area (Å²) in [6, 6.07) is 3.46. The third-order valence-corrected chi connectivity index (χ3v) is 4.74. The van der Waals surface area contributed by atoms with Crippen LogP contribution in [-0.4, -0.2) is 11.7 Å². The van der Waals surface area contributed by atoms with E-state index in [1.165, 1.54) is 17.8 Å². The molecule has 2 nitrogen and oxygen atoms in total. The minimum Gasteiger partial charge on any atom is -0.325 e. The summed E-state index contributed by atoms with van der Waals surface area (Å²) in [7, 11) is 0. The Labute approximate surface area is 106 Å². The highest BCUT2D eigenvalue weighted by molar-refractivity contribution is 7.99. The zero-order valence-corrected chi connectivity index (χ0v) is 10.1.